The molecule has 0 aromatic rings. The van der Waals surface area contributed by atoms with Gasteiger partial charge in [-0.25, -0.2) is 17.5 Å². The van der Waals surface area contributed by atoms with Crippen LogP contribution in [0.2, 0.25) is 0 Å². The van der Waals surface area contributed by atoms with Crippen molar-refractivity contribution in [3.05, 3.63) is 11.1 Å². The maximum Gasteiger partial charge on any atom is 0.335 e. The molecule has 0 unspecified atom stereocenters. The molecule has 0 bridgehead atoms. The van der Waals surface area contributed by atoms with E-state index in [0.29, 0.717) is 30.5 Å². The zero-order chi connectivity index (χ0) is 20.2. The van der Waals surface area contributed by atoms with Crippen LogP contribution in [0.3, 0.4) is 0 Å². The molecule has 2 rings (SSSR count). The maximum absolute atomic E-state index is 12.8. The molecular weight excluding hydrogens is 370 g/mol. The van der Waals surface area contributed by atoms with E-state index in [0.717, 1.165) is 19.6 Å². The molecule has 2 heterocycles. The summed E-state index contributed by atoms with van der Waals surface area (Å²) in [6.07, 6.45) is 0.599. The van der Waals surface area contributed by atoms with Crippen LogP contribution in [-0.4, -0.2) is 80.1 Å². The van der Waals surface area contributed by atoms with E-state index in [2.05, 4.69) is 24.1 Å². The van der Waals surface area contributed by atoms with E-state index in [1.807, 2.05) is 0 Å². The summed E-state index contributed by atoms with van der Waals surface area (Å²) < 4.78 is 31.2. The van der Waals surface area contributed by atoms with Gasteiger partial charge in [-0.15, -0.1) is 0 Å². The monoisotopic (exact) mass is 401 g/mol. The molecule has 8 nitrogen and oxygen atoms in total. The summed E-state index contributed by atoms with van der Waals surface area (Å²) in [5.74, 6) is -0.749. The first-order chi connectivity index (χ1) is 12.7. The molecule has 2 aliphatic rings. The molecule has 2 aliphatic heterocycles. The summed E-state index contributed by atoms with van der Waals surface area (Å²) in [5, 5.41) is 2.90. The summed E-state index contributed by atoms with van der Waals surface area (Å²) >= 11 is 0. The number of ether oxygens (including phenoxy) is 1. The highest BCUT2D eigenvalue weighted by Gasteiger charge is 2.51. The molecule has 0 aromatic heterocycles. The predicted molar refractivity (Wildman–Crippen MR) is 103 cm³/mol. The number of piperidine rings is 1. The molecule has 0 radical (unpaired) electrons. The molecule has 0 saturated carbocycles. The van der Waals surface area contributed by atoms with E-state index < -0.39 is 21.6 Å². The topological polar surface area (TPSA) is 96.0 Å². The number of amides is 1. The number of carbonyl (C=O) groups is 2. The Kier molecular flexibility index (Phi) is 7.04. The van der Waals surface area contributed by atoms with E-state index in [1.165, 1.54) is 4.31 Å². The van der Waals surface area contributed by atoms with Crippen molar-refractivity contribution < 1.29 is 22.7 Å². The highest BCUT2D eigenvalue weighted by Crippen LogP contribution is 2.41. The van der Waals surface area contributed by atoms with Gasteiger partial charge in [-0.1, -0.05) is 13.8 Å². The minimum absolute atomic E-state index is 0.0351. The van der Waals surface area contributed by atoms with Gasteiger partial charge in [0.05, 0.1) is 11.3 Å². The van der Waals surface area contributed by atoms with E-state index >= 15 is 0 Å². The number of esters is 1. The minimum Gasteiger partial charge on any atom is -0.450 e. The summed E-state index contributed by atoms with van der Waals surface area (Å²) in [5.41, 5.74) is -0.331. The van der Waals surface area contributed by atoms with Crippen LogP contribution in [0.15, 0.2) is 11.1 Å². The largest absolute Gasteiger partial charge is 0.450 e. The van der Waals surface area contributed by atoms with Crippen molar-refractivity contribution in [2.24, 2.45) is 0 Å². The molecule has 9 heteroatoms. The van der Waals surface area contributed by atoms with Gasteiger partial charge in [0, 0.05) is 44.6 Å². The standard InChI is InChI=1S/C18H31N3O5S/c1-5-20(6-2)13-10-19-16(22)15-14(4)17(23)26-18(15)8-11-21(12-9-18)27(24,25)7-3/h5-13H2,1-4H3,(H,19,22). The average Bonchev–Trinajstić information content (AvgIpc) is 2.89. The van der Waals surface area contributed by atoms with E-state index in [9.17, 15) is 18.0 Å². The van der Waals surface area contributed by atoms with Crippen molar-refractivity contribution in [1.29, 1.82) is 0 Å². The summed E-state index contributed by atoms with van der Waals surface area (Å²) in [4.78, 5) is 27.2. The average molecular weight is 402 g/mol. The number of hydrogen-bond acceptors (Lipinski definition) is 6. The summed E-state index contributed by atoms with van der Waals surface area (Å²) in [6, 6.07) is 0. The Labute approximate surface area is 162 Å². The fraction of sp³-hybridized carbons (Fsp3) is 0.778. The number of rotatable bonds is 8. The molecule has 1 N–H and O–H groups in total. The Morgan fingerprint density at radius 3 is 2.33 bits per heavy atom. The number of nitrogens with one attached hydrogen (secondary N) is 1. The highest BCUT2D eigenvalue weighted by atomic mass is 32.2. The van der Waals surface area contributed by atoms with E-state index in [-0.39, 0.29) is 24.7 Å². The van der Waals surface area contributed by atoms with Crippen molar-refractivity contribution in [2.45, 2.75) is 46.1 Å². The first-order valence-electron chi connectivity index (χ1n) is 9.63. The minimum atomic E-state index is -3.29. The van der Waals surface area contributed by atoms with Gasteiger partial charge in [0.1, 0.15) is 5.60 Å². The van der Waals surface area contributed by atoms with Crippen LogP contribution in [0.5, 0.6) is 0 Å². The first-order valence-corrected chi connectivity index (χ1v) is 11.2. The normalized spacial score (nSPS) is 20.4. The smallest absolute Gasteiger partial charge is 0.335 e. The van der Waals surface area contributed by atoms with E-state index in [4.69, 9.17) is 4.74 Å². The van der Waals surface area contributed by atoms with Gasteiger partial charge in [0.2, 0.25) is 10.0 Å². The quantitative estimate of drug-likeness (QED) is 0.595. The van der Waals surface area contributed by atoms with Crippen molar-refractivity contribution >= 4 is 21.9 Å². The Hall–Kier alpha value is -1.45. The second-order valence-corrected chi connectivity index (χ2v) is 9.22. The van der Waals surface area contributed by atoms with Crippen molar-refractivity contribution in [3.8, 4) is 0 Å². The van der Waals surface area contributed by atoms with Gasteiger partial charge in [0.15, 0.2) is 0 Å². The Bertz CT molecular complexity index is 705. The van der Waals surface area contributed by atoms with Crippen molar-refractivity contribution in [2.75, 3.05) is 45.0 Å². The molecule has 1 amide bonds. The number of sulfonamides is 1. The van der Waals surface area contributed by atoms with Gasteiger partial charge in [-0.05, 0) is 26.9 Å². The third-order valence-corrected chi connectivity index (χ3v) is 7.43. The molecule has 0 aliphatic carbocycles. The summed E-state index contributed by atoms with van der Waals surface area (Å²) in [7, 11) is -3.29. The first kappa shape index (κ1) is 21.8. The third kappa shape index (κ3) is 4.52. The van der Waals surface area contributed by atoms with Crippen LogP contribution < -0.4 is 5.32 Å². The SMILES string of the molecule is CCN(CC)CCNC(=O)C1=C(C)C(=O)OC12CCN(S(=O)(=O)CC)CC2. The molecule has 0 atom stereocenters. The molecule has 154 valence electrons. The van der Waals surface area contributed by atoms with E-state index in [1.54, 1.807) is 13.8 Å². The Morgan fingerprint density at radius 2 is 1.81 bits per heavy atom. The van der Waals surface area contributed by atoms with Gasteiger partial charge in [0.25, 0.3) is 5.91 Å². The van der Waals surface area contributed by atoms with Crippen LogP contribution in [0, 0.1) is 0 Å². The lowest BCUT2D eigenvalue weighted by atomic mass is 9.83. The second-order valence-electron chi connectivity index (χ2n) is 6.97. The second kappa shape index (κ2) is 8.70. The van der Waals surface area contributed by atoms with Crippen LogP contribution in [0.1, 0.15) is 40.5 Å². The van der Waals surface area contributed by atoms with Crippen molar-refractivity contribution in [1.82, 2.24) is 14.5 Å². The number of nitrogens with zero attached hydrogens (tertiary/aromatic N) is 2. The molecule has 1 spiro atoms. The maximum atomic E-state index is 12.8. The Balaban J connectivity index is 2.10. The van der Waals surface area contributed by atoms with Gasteiger partial charge in [-0.3, -0.25) is 4.79 Å². The van der Waals surface area contributed by atoms with Crippen LogP contribution in [-0.2, 0) is 24.3 Å². The molecule has 27 heavy (non-hydrogen) atoms. The lowest BCUT2D eigenvalue weighted by molar-refractivity contribution is -0.150. The third-order valence-electron chi connectivity index (χ3n) is 5.55. The van der Waals surface area contributed by atoms with Gasteiger partial charge in [-0.2, -0.15) is 0 Å². The van der Waals surface area contributed by atoms with Gasteiger partial charge < -0.3 is 15.0 Å². The number of likely N-dealkylation sites (N-methyl/N-ethyl adjacent to an activating group) is 1. The zero-order valence-electron chi connectivity index (χ0n) is 16.7. The molecule has 1 fully saturated rings. The molecule has 0 aromatic carbocycles. The van der Waals surface area contributed by atoms with Crippen LogP contribution >= 0.6 is 0 Å². The predicted octanol–water partition coefficient (Wildman–Crippen LogP) is 0.502. The lowest BCUT2D eigenvalue weighted by Crippen LogP contribution is -2.50. The van der Waals surface area contributed by atoms with Crippen molar-refractivity contribution in [3.63, 3.8) is 0 Å². The fourth-order valence-electron chi connectivity index (χ4n) is 3.74. The lowest BCUT2D eigenvalue weighted by Gasteiger charge is -2.38. The fourth-order valence-corrected chi connectivity index (χ4v) is 4.85. The molecule has 1 saturated heterocycles. The molecular formula is C18H31N3O5S. The zero-order valence-corrected chi connectivity index (χ0v) is 17.5. The summed E-state index contributed by atoms with van der Waals surface area (Å²) in [6.45, 7) is 10.8. The van der Waals surface area contributed by atoms with Crippen LogP contribution in [0.25, 0.3) is 0 Å². The van der Waals surface area contributed by atoms with Gasteiger partial charge >= 0.3 is 5.97 Å². The number of hydrogen-bond donors (Lipinski definition) is 1. The Morgan fingerprint density at radius 1 is 1.22 bits per heavy atom. The number of carbonyl (C=O) groups excluding carboxylic acids is 2. The van der Waals surface area contributed by atoms with Crippen LogP contribution in [0.4, 0.5) is 0 Å². The highest BCUT2D eigenvalue weighted by molar-refractivity contribution is 7.89.